The average molecular weight is 128 g/mol. The number of nitrogens with one attached hydrogen (secondary N) is 2. The fraction of sp³-hybridized carbons (Fsp3) is 0.833. The third kappa shape index (κ3) is 2.01. The molecule has 0 radical (unpaired) electrons. The van der Waals surface area contributed by atoms with Gasteiger partial charge >= 0.3 is 0 Å². The topological polar surface area (TPSA) is 51.0 Å². The lowest BCUT2D eigenvalue weighted by Crippen LogP contribution is -2.34. The first-order chi connectivity index (χ1) is 4.20. The van der Waals surface area contributed by atoms with Gasteiger partial charge in [-0.2, -0.15) is 0 Å². The molecule has 0 spiro atoms. The highest BCUT2D eigenvalue weighted by Gasteiger charge is 2.28. The zero-order valence-electron chi connectivity index (χ0n) is 5.77. The number of amides is 1. The van der Waals surface area contributed by atoms with Crippen molar-refractivity contribution in [2.45, 2.75) is 25.9 Å². The molecule has 1 aliphatic rings. The van der Waals surface area contributed by atoms with E-state index in [0.29, 0.717) is 0 Å². The predicted molar refractivity (Wildman–Crippen MR) is 35.1 cm³/mol. The highest BCUT2D eigenvalue weighted by molar-refractivity contribution is 5.84. The second-order valence-electron chi connectivity index (χ2n) is 2.62. The Labute approximate surface area is 54.8 Å². The Morgan fingerprint density at radius 1 is 1.78 bits per heavy atom. The van der Waals surface area contributed by atoms with Crippen LogP contribution in [0.4, 0.5) is 0 Å². The minimum Gasteiger partial charge on any atom is -0.353 e. The van der Waals surface area contributed by atoms with Crippen molar-refractivity contribution in [3.05, 3.63) is 0 Å². The van der Waals surface area contributed by atoms with Gasteiger partial charge in [-0.25, -0.2) is 0 Å². The van der Waals surface area contributed by atoms with Gasteiger partial charge in [0.15, 0.2) is 0 Å². The van der Waals surface area contributed by atoms with Crippen LogP contribution in [0.1, 0.15) is 13.8 Å². The Morgan fingerprint density at radius 3 is 2.67 bits per heavy atom. The van der Waals surface area contributed by atoms with Gasteiger partial charge in [0.1, 0.15) is 0 Å². The first kappa shape index (κ1) is 6.55. The molecule has 1 amide bonds. The van der Waals surface area contributed by atoms with Gasteiger partial charge in [-0.05, 0) is 13.8 Å². The van der Waals surface area contributed by atoms with E-state index in [-0.39, 0.29) is 18.0 Å². The van der Waals surface area contributed by atoms with Crippen molar-refractivity contribution in [2.24, 2.45) is 0 Å². The molecular weight excluding hydrogens is 116 g/mol. The zero-order valence-corrected chi connectivity index (χ0v) is 5.77. The van der Waals surface area contributed by atoms with Crippen LogP contribution in [0.3, 0.4) is 0 Å². The first-order valence-corrected chi connectivity index (χ1v) is 3.24. The van der Waals surface area contributed by atoms with E-state index >= 15 is 0 Å². The quantitative estimate of drug-likeness (QED) is 0.492. The van der Waals surface area contributed by atoms with Crippen LogP contribution in [0.15, 0.2) is 0 Å². The van der Waals surface area contributed by atoms with Crippen LogP contribution in [0, 0.1) is 0 Å². The van der Waals surface area contributed by atoms with Crippen LogP contribution in [-0.4, -0.2) is 24.5 Å². The molecule has 1 fully saturated rings. The molecule has 1 atom stereocenters. The van der Waals surface area contributed by atoms with Gasteiger partial charge in [-0.1, -0.05) is 0 Å². The van der Waals surface area contributed by atoms with Crippen LogP contribution in [0.25, 0.3) is 0 Å². The van der Waals surface area contributed by atoms with Gasteiger partial charge in [0.25, 0.3) is 0 Å². The standard InChI is InChI=1S/C6H12N2O/c1-4(2)8-6(9)5-3-7-5/h4-5,7H,3H2,1-2H3,(H,8,9). The van der Waals surface area contributed by atoms with Crippen molar-refractivity contribution in [1.82, 2.24) is 10.6 Å². The zero-order chi connectivity index (χ0) is 6.85. The molecule has 0 aromatic carbocycles. The third-order valence-electron chi connectivity index (χ3n) is 1.16. The maximum atomic E-state index is 10.8. The summed E-state index contributed by atoms with van der Waals surface area (Å²) >= 11 is 0. The van der Waals surface area contributed by atoms with E-state index in [2.05, 4.69) is 10.6 Å². The van der Waals surface area contributed by atoms with E-state index in [1.54, 1.807) is 0 Å². The van der Waals surface area contributed by atoms with Gasteiger partial charge in [0.2, 0.25) is 5.91 Å². The predicted octanol–water partition coefficient (Wildman–Crippen LogP) is -0.517. The molecule has 1 aliphatic heterocycles. The highest BCUT2D eigenvalue weighted by Crippen LogP contribution is 1.95. The minimum atomic E-state index is 0.104. The second kappa shape index (κ2) is 2.35. The molecule has 0 bridgehead atoms. The molecule has 2 N–H and O–H groups in total. The van der Waals surface area contributed by atoms with E-state index in [0.717, 1.165) is 6.54 Å². The maximum Gasteiger partial charge on any atom is 0.238 e. The van der Waals surface area contributed by atoms with Crippen LogP contribution in [0.2, 0.25) is 0 Å². The summed E-state index contributed by atoms with van der Waals surface area (Å²) in [5.74, 6) is 0.130. The number of hydrogen-bond acceptors (Lipinski definition) is 2. The molecule has 0 aliphatic carbocycles. The lowest BCUT2D eigenvalue weighted by Gasteiger charge is -2.05. The molecule has 3 nitrogen and oxygen atoms in total. The van der Waals surface area contributed by atoms with Gasteiger partial charge in [-0.3, -0.25) is 4.79 Å². The molecule has 52 valence electrons. The normalized spacial score (nSPS) is 24.1. The van der Waals surface area contributed by atoms with Gasteiger partial charge in [0.05, 0.1) is 6.04 Å². The SMILES string of the molecule is CC(C)NC(=O)C1CN1. The number of carbonyl (C=O) groups is 1. The Balaban J connectivity index is 2.18. The summed E-state index contributed by atoms with van der Waals surface area (Å²) in [5, 5.41) is 5.73. The lowest BCUT2D eigenvalue weighted by atomic mass is 10.3. The van der Waals surface area contributed by atoms with E-state index in [4.69, 9.17) is 0 Å². The molecule has 9 heavy (non-hydrogen) atoms. The largest absolute Gasteiger partial charge is 0.353 e. The van der Waals surface area contributed by atoms with Gasteiger partial charge in [0, 0.05) is 12.6 Å². The molecular formula is C6H12N2O. The van der Waals surface area contributed by atoms with Crippen molar-refractivity contribution in [2.75, 3.05) is 6.54 Å². The Hall–Kier alpha value is -0.570. The maximum absolute atomic E-state index is 10.8. The van der Waals surface area contributed by atoms with E-state index in [1.807, 2.05) is 13.8 Å². The number of hydrogen-bond donors (Lipinski definition) is 2. The van der Waals surface area contributed by atoms with Crippen LogP contribution < -0.4 is 10.6 Å². The fourth-order valence-corrected chi connectivity index (χ4v) is 0.629. The van der Waals surface area contributed by atoms with E-state index in [1.165, 1.54) is 0 Å². The minimum absolute atomic E-state index is 0.104. The molecule has 1 saturated heterocycles. The number of carbonyl (C=O) groups excluding carboxylic acids is 1. The van der Waals surface area contributed by atoms with Crippen molar-refractivity contribution >= 4 is 5.91 Å². The summed E-state index contributed by atoms with van der Waals surface area (Å²) in [6.07, 6.45) is 0. The molecule has 0 aromatic heterocycles. The fourth-order valence-electron chi connectivity index (χ4n) is 0.629. The van der Waals surface area contributed by atoms with Gasteiger partial charge in [-0.15, -0.1) is 0 Å². The average Bonchev–Trinajstić information content (AvgIpc) is 2.40. The molecule has 1 heterocycles. The van der Waals surface area contributed by atoms with Crippen LogP contribution >= 0.6 is 0 Å². The molecule has 1 rings (SSSR count). The Morgan fingerprint density at radius 2 is 2.33 bits per heavy atom. The molecule has 0 saturated carbocycles. The van der Waals surface area contributed by atoms with Crippen molar-refractivity contribution in [3.63, 3.8) is 0 Å². The summed E-state index contributed by atoms with van der Waals surface area (Å²) in [5.41, 5.74) is 0. The number of rotatable bonds is 2. The Kier molecular flexibility index (Phi) is 1.71. The van der Waals surface area contributed by atoms with Crippen molar-refractivity contribution in [1.29, 1.82) is 0 Å². The summed E-state index contributed by atoms with van der Waals surface area (Å²) in [6.45, 7) is 4.76. The molecule has 3 heteroatoms. The van der Waals surface area contributed by atoms with Gasteiger partial charge < -0.3 is 10.6 Å². The van der Waals surface area contributed by atoms with E-state index in [9.17, 15) is 4.79 Å². The third-order valence-corrected chi connectivity index (χ3v) is 1.16. The van der Waals surface area contributed by atoms with Crippen LogP contribution in [0.5, 0.6) is 0 Å². The summed E-state index contributed by atoms with van der Waals surface area (Å²) in [7, 11) is 0. The van der Waals surface area contributed by atoms with Crippen molar-refractivity contribution in [3.8, 4) is 0 Å². The van der Waals surface area contributed by atoms with E-state index < -0.39 is 0 Å². The van der Waals surface area contributed by atoms with Crippen molar-refractivity contribution < 1.29 is 4.79 Å². The summed E-state index contributed by atoms with van der Waals surface area (Å²) in [6, 6.07) is 0.368. The molecule has 1 unspecified atom stereocenters. The lowest BCUT2D eigenvalue weighted by molar-refractivity contribution is -0.121. The van der Waals surface area contributed by atoms with Crippen LogP contribution in [-0.2, 0) is 4.79 Å². The molecule has 0 aromatic rings. The summed E-state index contributed by atoms with van der Waals surface area (Å²) in [4.78, 5) is 10.8. The summed E-state index contributed by atoms with van der Waals surface area (Å²) < 4.78 is 0. The highest BCUT2D eigenvalue weighted by atomic mass is 16.2. The first-order valence-electron chi connectivity index (χ1n) is 3.24. The second-order valence-corrected chi connectivity index (χ2v) is 2.62. The smallest absolute Gasteiger partial charge is 0.238 e. The Bertz CT molecular complexity index is 118. The monoisotopic (exact) mass is 128 g/mol.